The van der Waals surface area contributed by atoms with Crippen molar-refractivity contribution in [2.24, 2.45) is 0 Å². The normalized spacial score (nSPS) is 11.9. The van der Waals surface area contributed by atoms with Crippen LogP contribution in [0, 0.1) is 0 Å². The molecule has 0 fully saturated rings. The maximum Gasteiger partial charge on any atom is 0.126 e. The van der Waals surface area contributed by atoms with E-state index in [0.717, 1.165) is 24.6 Å². The van der Waals surface area contributed by atoms with Gasteiger partial charge in [0.1, 0.15) is 5.82 Å². The molecule has 0 radical (unpaired) electrons. The molecule has 2 N–H and O–H groups in total. The first-order chi connectivity index (χ1) is 8.85. The predicted octanol–water partition coefficient (Wildman–Crippen LogP) is 2.76. The molecule has 1 rings (SSSR count). The molecule has 0 saturated carbocycles. The highest BCUT2D eigenvalue weighted by atomic mass is 35.5. The summed E-state index contributed by atoms with van der Waals surface area (Å²) in [6.45, 7) is 10.6. The Labute approximate surface area is 120 Å². The van der Waals surface area contributed by atoms with Gasteiger partial charge in [0.05, 0.1) is 16.3 Å². The summed E-state index contributed by atoms with van der Waals surface area (Å²) in [5.41, 5.74) is 0.119. The summed E-state index contributed by atoms with van der Waals surface area (Å²) in [7, 11) is 0. The molecule has 19 heavy (non-hydrogen) atoms. The number of rotatable bonds is 7. The van der Waals surface area contributed by atoms with Crippen LogP contribution in [0.4, 0.5) is 5.82 Å². The summed E-state index contributed by atoms with van der Waals surface area (Å²) in [6.07, 6.45) is 0. The number of halogens is 1. The van der Waals surface area contributed by atoms with Gasteiger partial charge in [-0.15, -0.1) is 0 Å². The van der Waals surface area contributed by atoms with Gasteiger partial charge in [-0.2, -0.15) is 0 Å². The molecule has 0 aliphatic heterocycles. The minimum absolute atomic E-state index is 0.590. The van der Waals surface area contributed by atoms with E-state index in [2.05, 4.69) is 22.1 Å². The van der Waals surface area contributed by atoms with Crippen molar-refractivity contribution >= 4 is 17.4 Å². The van der Waals surface area contributed by atoms with E-state index in [0.29, 0.717) is 18.1 Å². The minimum atomic E-state index is -0.720. The molecule has 0 bridgehead atoms. The van der Waals surface area contributed by atoms with Gasteiger partial charge in [-0.25, -0.2) is 4.98 Å². The Kier molecular flexibility index (Phi) is 6.04. The van der Waals surface area contributed by atoms with Crippen LogP contribution in [0.1, 0.15) is 33.4 Å². The van der Waals surface area contributed by atoms with Crippen molar-refractivity contribution in [2.75, 3.05) is 25.0 Å². The summed E-state index contributed by atoms with van der Waals surface area (Å²) in [5, 5.41) is 13.7. The second-order valence-electron chi connectivity index (χ2n) is 5.27. The van der Waals surface area contributed by atoms with Crippen molar-refractivity contribution in [3.05, 3.63) is 22.8 Å². The number of pyridine rings is 1. The van der Waals surface area contributed by atoms with Crippen LogP contribution in [0.2, 0.25) is 5.02 Å². The van der Waals surface area contributed by atoms with Crippen LogP contribution in [-0.4, -0.2) is 40.2 Å². The second-order valence-corrected chi connectivity index (χ2v) is 5.68. The highest BCUT2D eigenvalue weighted by Gasteiger charge is 2.18. The highest BCUT2D eigenvalue weighted by Crippen LogP contribution is 2.19. The van der Waals surface area contributed by atoms with Crippen LogP contribution in [0.25, 0.3) is 0 Å². The molecule has 0 amide bonds. The Morgan fingerprint density at radius 1 is 1.37 bits per heavy atom. The fourth-order valence-electron chi connectivity index (χ4n) is 1.91. The van der Waals surface area contributed by atoms with E-state index in [9.17, 15) is 5.11 Å². The Hall–Kier alpha value is -0.840. The zero-order valence-corrected chi connectivity index (χ0v) is 13.0. The number of nitrogens with one attached hydrogen (secondary N) is 1. The van der Waals surface area contributed by atoms with Gasteiger partial charge in [-0.05, 0) is 39.4 Å². The summed E-state index contributed by atoms with van der Waals surface area (Å²) in [4.78, 5) is 6.64. The largest absolute Gasteiger partial charge is 0.389 e. The Bertz CT molecular complexity index is 404. The lowest BCUT2D eigenvalue weighted by molar-refractivity contribution is 0.0350. The van der Waals surface area contributed by atoms with Crippen LogP contribution in [0.5, 0.6) is 0 Å². The van der Waals surface area contributed by atoms with Crippen molar-refractivity contribution < 1.29 is 5.11 Å². The number of nitrogens with zero attached hydrogens (tertiary/aromatic N) is 2. The van der Waals surface area contributed by atoms with Crippen molar-refractivity contribution in [2.45, 2.75) is 39.8 Å². The van der Waals surface area contributed by atoms with Gasteiger partial charge < -0.3 is 10.4 Å². The molecule has 0 atom stereocenters. The fourth-order valence-corrected chi connectivity index (χ4v) is 2.08. The lowest BCUT2D eigenvalue weighted by Gasteiger charge is -2.28. The lowest BCUT2D eigenvalue weighted by Crippen LogP contribution is -2.38. The number of likely N-dealkylation sites (N-methyl/N-ethyl adjacent to an activating group) is 1. The molecule has 108 valence electrons. The molecular formula is C14H24ClN3O. The van der Waals surface area contributed by atoms with Crippen LogP contribution >= 0.6 is 11.6 Å². The Balaban J connectivity index is 2.81. The molecule has 0 aliphatic rings. The van der Waals surface area contributed by atoms with Crippen molar-refractivity contribution in [1.29, 1.82) is 0 Å². The van der Waals surface area contributed by atoms with E-state index in [1.165, 1.54) is 0 Å². The molecule has 1 aromatic rings. The van der Waals surface area contributed by atoms with Gasteiger partial charge in [-0.1, -0.05) is 18.5 Å². The smallest absolute Gasteiger partial charge is 0.126 e. The van der Waals surface area contributed by atoms with Crippen LogP contribution in [0.15, 0.2) is 12.1 Å². The average molecular weight is 286 g/mol. The highest BCUT2D eigenvalue weighted by molar-refractivity contribution is 6.31. The summed E-state index contributed by atoms with van der Waals surface area (Å²) < 4.78 is 0. The SMILES string of the molecule is CCNc1ccc(Cl)c(CN(CC)CC(C)(C)O)n1. The zero-order valence-electron chi connectivity index (χ0n) is 12.2. The monoisotopic (exact) mass is 285 g/mol. The van der Waals surface area contributed by atoms with Gasteiger partial charge in [-0.3, -0.25) is 4.90 Å². The van der Waals surface area contributed by atoms with E-state index in [4.69, 9.17) is 11.6 Å². The van der Waals surface area contributed by atoms with Crippen LogP contribution in [0.3, 0.4) is 0 Å². The maximum atomic E-state index is 9.90. The molecule has 1 aromatic heterocycles. The Morgan fingerprint density at radius 3 is 2.58 bits per heavy atom. The molecule has 0 saturated heterocycles. The van der Waals surface area contributed by atoms with Crippen molar-refractivity contribution in [1.82, 2.24) is 9.88 Å². The third-order valence-corrected chi connectivity index (χ3v) is 3.05. The van der Waals surface area contributed by atoms with E-state index >= 15 is 0 Å². The number of aliphatic hydroxyl groups is 1. The predicted molar refractivity (Wildman–Crippen MR) is 80.7 cm³/mol. The van der Waals surface area contributed by atoms with Gasteiger partial charge in [0.15, 0.2) is 0 Å². The van der Waals surface area contributed by atoms with Gasteiger partial charge in [0.25, 0.3) is 0 Å². The van der Waals surface area contributed by atoms with Crippen molar-refractivity contribution in [3.63, 3.8) is 0 Å². The summed E-state index contributed by atoms with van der Waals surface area (Å²) in [5.74, 6) is 0.834. The average Bonchev–Trinajstić information content (AvgIpc) is 2.31. The van der Waals surface area contributed by atoms with Crippen LogP contribution < -0.4 is 5.32 Å². The topological polar surface area (TPSA) is 48.4 Å². The molecule has 0 spiro atoms. The zero-order chi connectivity index (χ0) is 14.5. The first-order valence-electron chi connectivity index (χ1n) is 6.69. The van der Waals surface area contributed by atoms with E-state index in [1.807, 2.05) is 19.1 Å². The first kappa shape index (κ1) is 16.2. The number of anilines is 1. The summed E-state index contributed by atoms with van der Waals surface area (Å²) in [6, 6.07) is 3.74. The molecule has 5 heteroatoms. The van der Waals surface area contributed by atoms with Gasteiger partial charge in [0.2, 0.25) is 0 Å². The lowest BCUT2D eigenvalue weighted by atomic mass is 10.1. The number of aromatic nitrogens is 1. The molecule has 0 aromatic carbocycles. The van der Waals surface area contributed by atoms with Gasteiger partial charge in [0, 0.05) is 19.6 Å². The maximum absolute atomic E-state index is 9.90. The van der Waals surface area contributed by atoms with E-state index < -0.39 is 5.60 Å². The standard InChI is InChI=1S/C14H24ClN3O/c1-5-16-13-8-7-11(15)12(17-13)9-18(6-2)10-14(3,4)19/h7-8,19H,5-6,9-10H2,1-4H3,(H,16,17). The number of hydrogen-bond donors (Lipinski definition) is 2. The summed E-state index contributed by atoms with van der Waals surface area (Å²) >= 11 is 6.19. The molecule has 0 aliphatic carbocycles. The molecule has 1 heterocycles. The van der Waals surface area contributed by atoms with Crippen LogP contribution in [-0.2, 0) is 6.54 Å². The third kappa shape index (κ3) is 5.76. The third-order valence-electron chi connectivity index (χ3n) is 2.71. The van der Waals surface area contributed by atoms with Crippen molar-refractivity contribution in [3.8, 4) is 0 Å². The number of hydrogen-bond acceptors (Lipinski definition) is 4. The molecule has 4 nitrogen and oxygen atoms in total. The van der Waals surface area contributed by atoms with E-state index in [1.54, 1.807) is 13.8 Å². The van der Waals surface area contributed by atoms with Gasteiger partial charge >= 0.3 is 0 Å². The fraction of sp³-hybridized carbons (Fsp3) is 0.643. The molecular weight excluding hydrogens is 262 g/mol. The Morgan fingerprint density at radius 2 is 2.05 bits per heavy atom. The first-order valence-corrected chi connectivity index (χ1v) is 7.07. The van der Waals surface area contributed by atoms with E-state index in [-0.39, 0.29) is 0 Å². The minimum Gasteiger partial charge on any atom is -0.389 e. The molecule has 0 unspecified atom stereocenters. The quantitative estimate of drug-likeness (QED) is 0.809. The second kappa shape index (κ2) is 7.08.